The number of halogens is 3. The minimum absolute atomic E-state index is 0.188. The predicted octanol–water partition coefficient (Wildman–Crippen LogP) is 6.09. The van der Waals surface area contributed by atoms with Gasteiger partial charge in [0.25, 0.3) is 11.8 Å². The molecule has 30 heavy (non-hydrogen) atoms. The van der Waals surface area contributed by atoms with Crippen LogP contribution in [0, 0.1) is 0 Å². The number of nitrogens with one attached hydrogen (secondary N) is 2. The Labute approximate surface area is 195 Å². The van der Waals surface area contributed by atoms with Crippen molar-refractivity contribution in [3.63, 3.8) is 0 Å². The van der Waals surface area contributed by atoms with E-state index in [9.17, 15) is 14.1 Å². The average Bonchev–Trinajstić information content (AvgIpc) is 3.04. The van der Waals surface area contributed by atoms with Crippen molar-refractivity contribution in [1.82, 2.24) is 0 Å². The Bertz CT molecular complexity index is 1090. The SMILES string of the molecule is C[S+]([O-])Cc1cc(Cl)c(C(=O)Nc2ccc(Cl)cc2C(=O)Nc2ccc(Cl)cc2)s1. The highest BCUT2D eigenvalue weighted by Crippen LogP contribution is 2.30. The zero-order valence-corrected chi connectivity index (χ0v) is 19.4. The van der Waals surface area contributed by atoms with Gasteiger partial charge in [0.2, 0.25) is 0 Å². The maximum Gasteiger partial charge on any atom is 0.267 e. The maximum absolute atomic E-state index is 12.8. The van der Waals surface area contributed by atoms with E-state index in [0.29, 0.717) is 21.5 Å². The third kappa shape index (κ3) is 5.91. The zero-order valence-electron chi connectivity index (χ0n) is 15.5. The van der Waals surface area contributed by atoms with Crippen LogP contribution in [0.5, 0.6) is 0 Å². The molecule has 2 aromatic carbocycles. The Balaban J connectivity index is 1.83. The molecule has 0 saturated carbocycles. The van der Waals surface area contributed by atoms with Gasteiger partial charge in [-0.2, -0.15) is 0 Å². The first-order valence-electron chi connectivity index (χ1n) is 8.49. The topological polar surface area (TPSA) is 81.3 Å². The Morgan fingerprint density at radius 2 is 1.63 bits per heavy atom. The second-order valence-electron chi connectivity index (χ2n) is 6.21. The van der Waals surface area contributed by atoms with E-state index in [1.54, 1.807) is 48.7 Å². The van der Waals surface area contributed by atoms with Crippen LogP contribution in [-0.4, -0.2) is 22.6 Å². The highest BCUT2D eigenvalue weighted by molar-refractivity contribution is 7.90. The number of thiophene rings is 1. The number of carbonyl (C=O) groups excluding carboxylic acids is 2. The molecular weight excluding hydrogens is 487 g/mol. The molecule has 0 aliphatic carbocycles. The largest absolute Gasteiger partial charge is 0.616 e. The molecule has 2 N–H and O–H groups in total. The van der Waals surface area contributed by atoms with E-state index in [-0.39, 0.29) is 21.2 Å². The summed E-state index contributed by atoms with van der Waals surface area (Å²) in [4.78, 5) is 26.5. The molecular formula is C20H15Cl3N2O3S2. The highest BCUT2D eigenvalue weighted by Gasteiger charge is 2.20. The van der Waals surface area contributed by atoms with Crippen LogP contribution in [0.4, 0.5) is 11.4 Å². The van der Waals surface area contributed by atoms with Crippen LogP contribution < -0.4 is 10.6 Å². The quantitative estimate of drug-likeness (QED) is 0.401. The molecule has 0 bridgehead atoms. The van der Waals surface area contributed by atoms with Crippen molar-refractivity contribution < 1.29 is 14.1 Å². The van der Waals surface area contributed by atoms with E-state index in [1.165, 1.54) is 6.07 Å². The van der Waals surface area contributed by atoms with Crippen LogP contribution in [0.2, 0.25) is 15.1 Å². The van der Waals surface area contributed by atoms with Gasteiger partial charge in [-0.3, -0.25) is 9.59 Å². The first-order valence-corrected chi connectivity index (χ1v) is 12.2. The number of rotatable bonds is 6. The molecule has 1 unspecified atom stereocenters. The van der Waals surface area contributed by atoms with Crippen molar-refractivity contribution in [2.75, 3.05) is 16.9 Å². The lowest BCUT2D eigenvalue weighted by atomic mass is 10.1. The highest BCUT2D eigenvalue weighted by atomic mass is 35.5. The van der Waals surface area contributed by atoms with E-state index >= 15 is 0 Å². The van der Waals surface area contributed by atoms with Crippen molar-refractivity contribution in [1.29, 1.82) is 0 Å². The van der Waals surface area contributed by atoms with Crippen LogP contribution in [0.15, 0.2) is 48.5 Å². The number of hydrogen-bond acceptors (Lipinski definition) is 4. The fraction of sp³-hybridized carbons (Fsp3) is 0.100. The standard InChI is InChI=1S/C20H15Cl3N2O3S2/c1-30(28)10-14-9-16(23)18(29-14)20(27)25-17-7-4-12(22)8-15(17)19(26)24-13-5-2-11(21)3-6-13/h2-9H,10H2,1H3,(H,24,26)(H,25,27). The molecule has 0 saturated heterocycles. The summed E-state index contributed by atoms with van der Waals surface area (Å²) in [6.45, 7) is 0. The van der Waals surface area contributed by atoms with Gasteiger partial charge in [0, 0.05) is 15.7 Å². The second-order valence-corrected chi connectivity index (χ2v) is 10.1. The summed E-state index contributed by atoms with van der Waals surface area (Å²) in [7, 11) is 0. The zero-order chi connectivity index (χ0) is 21.8. The van der Waals surface area contributed by atoms with Crippen LogP contribution in [0.1, 0.15) is 24.9 Å². The fourth-order valence-corrected chi connectivity index (χ4v) is 5.22. The number of benzene rings is 2. The smallest absolute Gasteiger partial charge is 0.267 e. The number of carbonyl (C=O) groups is 2. The number of amides is 2. The second kappa shape index (κ2) is 10.0. The van der Waals surface area contributed by atoms with Crippen molar-refractivity contribution in [2.24, 2.45) is 0 Å². The van der Waals surface area contributed by atoms with E-state index in [0.717, 1.165) is 16.2 Å². The summed E-state index contributed by atoms with van der Waals surface area (Å²) in [5.41, 5.74) is 1.01. The normalized spacial score (nSPS) is 11.8. The molecule has 0 radical (unpaired) electrons. The van der Waals surface area contributed by atoms with Crippen LogP contribution in [-0.2, 0) is 16.9 Å². The van der Waals surface area contributed by atoms with E-state index in [1.807, 2.05) is 0 Å². The lowest BCUT2D eigenvalue weighted by molar-refractivity contribution is 0.102. The molecule has 0 aliphatic rings. The molecule has 5 nitrogen and oxygen atoms in total. The Morgan fingerprint density at radius 3 is 2.30 bits per heavy atom. The van der Waals surface area contributed by atoms with Crippen LogP contribution in [0.25, 0.3) is 0 Å². The summed E-state index contributed by atoms with van der Waals surface area (Å²) in [6, 6.07) is 12.8. The monoisotopic (exact) mass is 500 g/mol. The van der Waals surface area contributed by atoms with Gasteiger partial charge in [-0.25, -0.2) is 0 Å². The predicted molar refractivity (Wildman–Crippen MR) is 126 cm³/mol. The molecule has 0 aliphatic heterocycles. The third-order valence-corrected chi connectivity index (χ3v) is 6.80. The van der Waals surface area contributed by atoms with E-state index < -0.39 is 23.0 Å². The van der Waals surface area contributed by atoms with Gasteiger partial charge < -0.3 is 15.2 Å². The third-order valence-electron chi connectivity index (χ3n) is 3.87. The van der Waals surface area contributed by atoms with E-state index in [4.69, 9.17) is 34.8 Å². The Kier molecular flexibility index (Phi) is 7.68. The molecule has 1 aromatic heterocycles. The van der Waals surface area contributed by atoms with Gasteiger partial charge in [0.1, 0.15) is 10.6 Å². The summed E-state index contributed by atoms with van der Waals surface area (Å²) in [6.07, 6.45) is 1.58. The van der Waals surface area contributed by atoms with Gasteiger partial charge >= 0.3 is 0 Å². The molecule has 0 fully saturated rings. The average molecular weight is 502 g/mol. The van der Waals surface area contributed by atoms with Crippen molar-refractivity contribution >= 4 is 80.5 Å². The summed E-state index contributed by atoms with van der Waals surface area (Å²) >= 11 is 18.2. The summed E-state index contributed by atoms with van der Waals surface area (Å²) in [5.74, 6) is -0.608. The molecule has 3 aromatic rings. The van der Waals surface area contributed by atoms with Crippen LogP contribution >= 0.6 is 46.1 Å². The summed E-state index contributed by atoms with van der Waals surface area (Å²) in [5, 5.41) is 6.60. The van der Waals surface area contributed by atoms with Gasteiger partial charge in [-0.1, -0.05) is 46.0 Å². The van der Waals surface area contributed by atoms with Crippen molar-refractivity contribution in [3.8, 4) is 0 Å². The molecule has 3 rings (SSSR count). The first-order chi connectivity index (χ1) is 14.2. The number of anilines is 2. The molecule has 1 heterocycles. The molecule has 10 heteroatoms. The minimum Gasteiger partial charge on any atom is -0.616 e. The lowest BCUT2D eigenvalue weighted by Gasteiger charge is -2.12. The van der Waals surface area contributed by atoms with E-state index in [2.05, 4.69) is 10.6 Å². The molecule has 1 atom stereocenters. The first kappa shape index (κ1) is 22.9. The minimum atomic E-state index is -1.05. The van der Waals surface area contributed by atoms with Gasteiger partial charge in [0.05, 0.1) is 27.4 Å². The van der Waals surface area contributed by atoms with Crippen molar-refractivity contribution in [3.05, 3.63) is 78.9 Å². The Hall–Kier alpha value is -1.74. The molecule has 2 amide bonds. The fourth-order valence-electron chi connectivity index (χ4n) is 2.57. The molecule has 156 valence electrons. The maximum atomic E-state index is 12.8. The molecule has 0 spiro atoms. The van der Waals surface area contributed by atoms with Crippen molar-refractivity contribution in [2.45, 2.75) is 5.75 Å². The van der Waals surface area contributed by atoms with Crippen LogP contribution in [0.3, 0.4) is 0 Å². The van der Waals surface area contributed by atoms with Gasteiger partial charge in [-0.15, -0.1) is 11.3 Å². The Morgan fingerprint density at radius 1 is 0.967 bits per heavy atom. The van der Waals surface area contributed by atoms with Gasteiger partial charge in [-0.05, 0) is 48.5 Å². The van der Waals surface area contributed by atoms with Gasteiger partial charge in [0.15, 0.2) is 0 Å². The number of hydrogen-bond donors (Lipinski definition) is 2. The summed E-state index contributed by atoms with van der Waals surface area (Å²) < 4.78 is 11.4. The lowest BCUT2D eigenvalue weighted by Crippen LogP contribution is -2.18.